The van der Waals surface area contributed by atoms with Gasteiger partial charge in [0, 0.05) is 34.6 Å². The number of carboxylic acids is 1. The Bertz CT molecular complexity index is 1230. The fourth-order valence-corrected chi connectivity index (χ4v) is 4.78. The van der Waals surface area contributed by atoms with Crippen LogP contribution in [0, 0.1) is 5.92 Å². The molecule has 1 unspecified atom stereocenters. The Morgan fingerprint density at radius 1 is 1.00 bits per heavy atom. The van der Waals surface area contributed by atoms with E-state index in [1.54, 1.807) is 25.1 Å². The fourth-order valence-electron chi connectivity index (χ4n) is 4.28. The Morgan fingerprint density at radius 3 is 2.26 bits per heavy atom. The van der Waals surface area contributed by atoms with Crippen LogP contribution in [-0.4, -0.2) is 36.2 Å². The summed E-state index contributed by atoms with van der Waals surface area (Å²) in [6, 6.07) is 21.1. The van der Waals surface area contributed by atoms with Gasteiger partial charge in [-0.15, -0.1) is 0 Å². The van der Waals surface area contributed by atoms with E-state index >= 15 is 0 Å². The van der Waals surface area contributed by atoms with Crippen LogP contribution in [0.3, 0.4) is 0 Å². The van der Waals surface area contributed by atoms with E-state index in [1.165, 1.54) is 0 Å². The van der Waals surface area contributed by atoms with Gasteiger partial charge in [0.15, 0.2) is 0 Å². The number of hydrogen-bond donors (Lipinski definition) is 3. The number of aliphatic carboxylic acids is 1. The zero-order valence-corrected chi connectivity index (χ0v) is 20.7. The van der Waals surface area contributed by atoms with Crippen molar-refractivity contribution < 1.29 is 24.2 Å². The van der Waals surface area contributed by atoms with Crippen LogP contribution >= 0.6 is 15.9 Å². The third-order valence-corrected chi connectivity index (χ3v) is 6.34. The second-order valence-electron chi connectivity index (χ2n) is 8.59. The van der Waals surface area contributed by atoms with Crippen LogP contribution in [0.25, 0.3) is 11.1 Å². The van der Waals surface area contributed by atoms with E-state index in [0.717, 1.165) is 22.3 Å². The van der Waals surface area contributed by atoms with Crippen molar-refractivity contribution in [2.24, 2.45) is 5.92 Å². The van der Waals surface area contributed by atoms with Gasteiger partial charge in [-0.25, -0.2) is 4.79 Å². The fraction of sp³-hybridized carbons (Fsp3) is 0.222. The van der Waals surface area contributed by atoms with Gasteiger partial charge in [-0.05, 0) is 46.4 Å². The largest absolute Gasteiger partial charge is 0.481 e. The molecule has 3 aromatic carbocycles. The summed E-state index contributed by atoms with van der Waals surface area (Å²) in [5.41, 5.74) is 5.28. The SMILES string of the molecule is CC(CNC(=O)c1cc(Br)cc(NC(=O)OCC2c3ccccc3-c3ccccc32)c1)CC(=O)O. The molecule has 35 heavy (non-hydrogen) atoms. The molecule has 2 amide bonds. The van der Waals surface area contributed by atoms with Crippen molar-refractivity contribution >= 4 is 39.6 Å². The van der Waals surface area contributed by atoms with E-state index in [2.05, 4.69) is 50.8 Å². The number of benzene rings is 3. The lowest BCUT2D eigenvalue weighted by atomic mass is 9.98. The smallest absolute Gasteiger partial charge is 0.411 e. The van der Waals surface area contributed by atoms with Gasteiger partial charge in [0.05, 0.1) is 0 Å². The maximum atomic E-state index is 12.6. The lowest BCUT2D eigenvalue weighted by Gasteiger charge is -2.15. The second kappa shape index (κ2) is 10.7. The maximum Gasteiger partial charge on any atom is 0.411 e. The molecule has 0 spiro atoms. The van der Waals surface area contributed by atoms with Crippen molar-refractivity contribution in [1.29, 1.82) is 0 Å². The molecular weight excluding hydrogens is 512 g/mol. The van der Waals surface area contributed by atoms with Crippen molar-refractivity contribution in [3.05, 3.63) is 87.9 Å². The van der Waals surface area contributed by atoms with Crippen molar-refractivity contribution in [2.75, 3.05) is 18.5 Å². The minimum absolute atomic E-state index is 0.0344. The molecule has 0 heterocycles. The Morgan fingerprint density at radius 2 is 1.63 bits per heavy atom. The van der Waals surface area contributed by atoms with Gasteiger partial charge in [-0.1, -0.05) is 71.4 Å². The molecule has 0 aromatic heterocycles. The molecule has 7 nitrogen and oxygen atoms in total. The lowest BCUT2D eigenvalue weighted by Crippen LogP contribution is -2.29. The van der Waals surface area contributed by atoms with Crippen LogP contribution in [0.2, 0.25) is 0 Å². The number of ether oxygens (including phenoxy) is 1. The summed E-state index contributed by atoms with van der Waals surface area (Å²) in [7, 11) is 0. The van der Waals surface area contributed by atoms with Gasteiger partial charge in [0.25, 0.3) is 5.91 Å². The average Bonchev–Trinajstić information content (AvgIpc) is 3.14. The maximum absolute atomic E-state index is 12.6. The highest BCUT2D eigenvalue weighted by Gasteiger charge is 2.29. The van der Waals surface area contributed by atoms with Gasteiger partial charge < -0.3 is 15.2 Å². The summed E-state index contributed by atoms with van der Waals surface area (Å²) in [6.45, 7) is 2.16. The number of halogens is 1. The molecule has 1 aliphatic carbocycles. The van der Waals surface area contributed by atoms with Crippen LogP contribution in [0.15, 0.2) is 71.2 Å². The van der Waals surface area contributed by atoms with E-state index in [0.29, 0.717) is 15.7 Å². The van der Waals surface area contributed by atoms with E-state index in [1.807, 2.05) is 24.3 Å². The number of carbonyl (C=O) groups excluding carboxylic acids is 2. The quantitative estimate of drug-likeness (QED) is 0.345. The zero-order valence-electron chi connectivity index (χ0n) is 19.1. The summed E-state index contributed by atoms with van der Waals surface area (Å²) < 4.78 is 6.19. The highest BCUT2D eigenvalue weighted by atomic mass is 79.9. The van der Waals surface area contributed by atoms with Gasteiger partial charge in [-0.3, -0.25) is 14.9 Å². The van der Waals surface area contributed by atoms with Crippen LogP contribution in [0.5, 0.6) is 0 Å². The first kappa shape index (κ1) is 24.5. The first-order chi connectivity index (χ1) is 16.8. The molecule has 1 aliphatic rings. The van der Waals surface area contributed by atoms with Crippen LogP contribution in [0.4, 0.5) is 10.5 Å². The Balaban J connectivity index is 1.39. The van der Waals surface area contributed by atoms with Gasteiger partial charge in [-0.2, -0.15) is 0 Å². The highest BCUT2D eigenvalue weighted by molar-refractivity contribution is 9.10. The number of hydrogen-bond acceptors (Lipinski definition) is 4. The standard InChI is InChI=1S/C27H25BrN2O5/c1-16(10-25(31)32)14-29-26(33)17-11-18(28)13-19(12-17)30-27(34)35-15-24-22-8-4-2-6-20(22)21-7-3-5-9-23(21)24/h2-9,11-13,16,24H,10,14-15H2,1H3,(H,29,33)(H,30,34)(H,31,32). The minimum atomic E-state index is -0.913. The number of carbonyl (C=O) groups is 3. The van der Waals surface area contributed by atoms with Crippen molar-refractivity contribution in [3.8, 4) is 11.1 Å². The Labute approximate surface area is 211 Å². The molecule has 8 heteroatoms. The summed E-state index contributed by atoms with van der Waals surface area (Å²) in [5, 5.41) is 14.3. The zero-order chi connectivity index (χ0) is 24.9. The first-order valence-electron chi connectivity index (χ1n) is 11.2. The lowest BCUT2D eigenvalue weighted by molar-refractivity contribution is -0.137. The van der Waals surface area contributed by atoms with Gasteiger partial charge in [0.1, 0.15) is 6.61 Å². The Hall–Kier alpha value is -3.65. The second-order valence-corrected chi connectivity index (χ2v) is 9.51. The average molecular weight is 537 g/mol. The van der Waals surface area contributed by atoms with Crippen LogP contribution < -0.4 is 10.6 Å². The number of anilines is 1. The Kier molecular flexibility index (Phi) is 7.51. The first-order valence-corrected chi connectivity index (χ1v) is 12.0. The molecule has 180 valence electrons. The predicted octanol–water partition coefficient (Wildman–Crippen LogP) is 5.65. The van der Waals surface area contributed by atoms with Crippen LogP contribution in [-0.2, 0) is 9.53 Å². The minimum Gasteiger partial charge on any atom is -0.481 e. The molecule has 0 aliphatic heterocycles. The van der Waals surface area contributed by atoms with Crippen LogP contribution in [0.1, 0.15) is 40.7 Å². The summed E-state index contributed by atoms with van der Waals surface area (Å²) in [5.74, 6) is -1.53. The molecule has 0 saturated carbocycles. The number of carboxylic acid groups (broad SMARTS) is 1. The third kappa shape index (κ3) is 5.89. The monoisotopic (exact) mass is 536 g/mol. The normalized spacial score (nSPS) is 12.9. The predicted molar refractivity (Wildman–Crippen MR) is 137 cm³/mol. The van der Waals surface area contributed by atoms with E-state index < -0.39 is 12.1 Å². The summed E-state index contributed by atoms with van der Waals surface area (Å²) >= 11 is 3.36. The number of nitrogens with one attached hydrogen (secondary N) is 2. The molecule has 3 N–H and O–H groups in total. The van der Waals surface area contributed by atoms with E-state index in [9.17, 15) is 14.4 Å². The van der Waals surface area contributed by atoms with E-state index in [4.69, 9.17) is 9.84 Å². The number of fused-ring (bicyclic) bond motifs is 3. The molecule has 0 saturated heterocycles. The number of amides is 2. The van der Waals surface area contributed by atoms with Gasteiger partial charge >= 0.3 is 12.1 Å². The molecular formula is C27H25BrN2O5. The molecule has 0 radical (unpaired) electrons. The third-order valence-electron chi connectivity index (χ3n) is 5.88. The van der Waals surface area contributed by atoms with E-state index in [-0.39, 0.29) is 37.3 Å². The molecule has 1 atom stereocenters. The molecule has 0 fully saturated rings. The highest BCUT2D eigenvalue weighted by Crippen LogP contribution is 2.44. The van der Waals surface area contributed by atoms with Gasteiger partial charge in [0.2, 0.25) is 0 Å². The summed E-state index contributed by atoms with van der Waals surface area (Å²) in [6.07, 6.45) is -0.653. The van der Waals surface area contributed by atoms with Crippen molar-refractivity contribution in [2.45, 2.75) is 19.3 Å². The van der Waals surface area contributed by atoms with Crippen molar-refractivity contribution in [3.63, 3.8) is 0 Å². The van der Waals surface area contributed by atoms with Crippen molar-refractivity contribution in [1.82, 2.24) is 5.32 Å². The number of rotatable bonds is 8. The molecule has 0 bridgehead atoms. The topological polar surface area (TPSA) is 105 Å². The summed E-state index contributed by atoms with van der Waals surface area (Å²) in [4.78, 5) is 35.9. The molecule has 4 rings (SSSR count). The molecule has 3 aromatic rings.